The van der Waals surface area contributed by atoms with Crippen molar-refractivity contribution in [2.75, 3.05) is 26.2 Å². The molecule has 0 amide bonds. The van der Waals surface area contributed by atoms with Crippen LogP contribution in [0.2, 0.25) is 5.02 Å². The number of aromatic nitrogens is 3. The van der Waals surface area contributed by atoms with E-state index in [9.17, 15) is 0 Å². The molecule has 0 atom stereocenters. The predicted octanol–water partition coefficient (Wildman–Crippen LogP) is 3.20. The third-order valence-corrected chi connectivity index (χ3v) is 4.77. The van der Waals surface area contributed by atoms with Crippen molar-refractivity contribution in [1.29, 1.82) is 0 Å². The van der Waals surface area contributed by atoms with Gasteiger partial charge in [-0.15, -0.1) is 0 Å². The molecule has 0 radical (unpaired) electrons. The summed E-state index contributed by atoms with van der Waals surface area (Å²) in [6.07, 6.45) is 3.64. The molecule has 4 rings (SSSR count). The van der Waals surface area contributed by atoms with Crippen LogP contribution in [-0.2, 0) is 6.54 Å². The Kier molecular flexibility index (Phi) is 4.78. The van der Waals surface area contributed by atoms with E-state index in [4.69, 9.17) is 11.6 Å². The van der Waals surface area contributed by atoms with E-state index in [-0.39, 0.29) is 0 Å². The molecule has 0 aliphatic carbocycles. The van der Waals surface area contributed by atoms with Crippen molar-refractivity contribution in [3.8, 4) is 22.4 Å². The van der Waals surface area contributed by atoms with Crippen LogP contribution in [0.4, 0.5) is 0 Å². The van der Waals surface area contributed by atoms with Crippen LogP contribution in [0.15, 0.2) is 48.8 Å². The van der Waals surface area contributed by atoms with Crippen molar-refractivity contribution >= 4 is 11.6 Å². The summed E-state index contributed by atoms with van der Waals surface area (Å²) in [6, 6.07) is 11.9. The molecule has 6 heteroatoms. The molecule has 25 heavy (non-hydrogen) atoms. The van der Waals surface area contributed by atoms with Crippen molar-refractivity contribution in [1.82, 2.24) is 25.4 Å². The van der Waals surface area contributed by atoms with Crippen molar-refractivity contribution < 1.29 is 0 Å². The number of piperazine rings is 1. The molecule has 2 N–H and O–H groups in total. The van der Waals surface area contributed by atoms with Gasteiger partial charge in [0.1, 0.15) is 5.69 Å². The van der Waals surface area contributed by atoms with Gasteiger partial charge in [-0.25, -0.2) is 0 Å². The molecule has 3 aromatic rings. The van der Waals surface area contributed by atoms with Gasteiger partial charge in [0.2, 0.25) is 0 Å². The Hall–Kier alpha value is -2.21. The predicted molar refractivity (Wildman–Crippen MR) is 100 cm³/mol. The fourth-order valence-corrected chi connectivity index (χ4v) is 3.36. The number of nitrogens with one attached hydrogen (secondary N) is 2. The van der Waals surface area contributed by atoms with E-state index in [0.29, 0.717) is 0 Å². The topological polar surface area (TPSA) is 56.8 Å². The van der Waals surface area contributed by atoms with Crippen LogP contribution in [0, 0.1) is 0 Å². The van der Waals surface area contributed by atoms with Gasteiger partial charge in [-0.1, -0.05) is 23.7 Å². The normalized spacial score (nSPS) is 15.4. The van der Waals surface area contributed by atoms with Crippen LogP contribution in [-0.4, -0.2) is 46.3 Å². The molecule has 2 aromatic heterocycles. The first kappa shape index (κ1) is 16.3. The summed E-state index contributed by atoms with van der Waals surface area (Å²) in [5, 5.41) is 12.0. The van der Waals surface area contributed by atoms with Crippen molar-refractivity contribution in [2.45, 2.75) is 6.54 Å². The van der Waals surface area contributed by atoms with Gasteiger partial charge in [0.15, 0.2) is 0 Å². The molecule has 128 valence electrons. The molecular formula is C19H20ClN5. The van der Waals surface area contributed by atoms with Gasteiger partial charge >= 0.3 is 0 Å². The molecule has 1 aromatic carbocycles. The Morgan fingerprint density at radius 2 is 1.68 bits per heavy atom. The summed E-state index contributed by atoms with van der Waals surface area (Å²) in [5.41, 5.74) is 5.41. The molecule has 0 unspecified atom stereocenters. The monoisotopic (exact) mass is 353 g/mol. The number of benzene rings is 1. The zero-order valence-electron chi connectivity index (χ0n) is 13.9. The quantitative estimate of drug-likeness (QED) is 0.756. The third-order valence-electron chi connectivity index (χ3n) is 4.52. The lowest BCUT2D eigenvalue weighted by Gasteiger charge is -2.27. The molecule has 1 fully saturated rings. The molecule has 0 bridgehead atoms. The third kappa shape index (κ3) is 3.58. The SMILES string of the molecule is Clc1ccc(-c2n[nH]c(CN3CCNCC3)c2-c2ccncc2)cc1. The Labute approximate surface area is 152 Å². The zero-order valence-corrected chi connectivity index (χ0v) is 14.6. The lowest BCUT2D eigenvalue weighted by molar-refractivity contribution is 0.231. The fourth-order valence-electron chi connectivity index (χ4n) is 3.23. The second-order valence-electron chi connectivity index (χ2n) is 6.19. The first-order valence-electron chi connectivity index (χ1n) is 8.48. The Morgan fingerprint density at radius 1 is 0.960 bits per heavy atom. The Balaban J connectivity index is 1.75. The maximum Gasteiger partial charge on any atom is 0.100 e. The fraction of sp³-hybridized carbons (Fsp3) is 0.263. The highest BCUT2D eigenvalue weighted by Gasteiger charge is 2.19. The second kappa shape index (κ2) is 7.35. The van der Waals surface area contributed by atoms with Crippen LogP contribution in [0.5, 0.6) is 0 Å². The summed E-state index contributed by atoms with van der Waals surface area (Å²) in [4.78, 5) is 6.59. The number of halogens is 1. The van der Waals surface area contributed by atoms with Crippen LogP contribution in [0.25, 0.3) is 22.4 Å². The van der Waals surface area contributed by atoms with Crippen LogP contribution in [0.3, 0.4) is 0 Å². The zero-order chi connectivity index (χ0) is 17.1. The van der Waals surface area contributed by atoms with E-state index >= 15 is 0 Å². The smallest absolute Gasteiger partial charge is 0.100 e. The molecule has 5 nitrogen and oxygen atoms in total. The minimum Gasteiger partial charge on any atom is -0.314 e. The molecule has 1 saturated heterocycles. The highest BCUT2D eigenvalue weighted by molar-refractivity contribution is 6.30. The molecule has 1 aliphatic heterocycles. The van der Waals surface area contributed by atoms with Crippen LogP contribution in [0.1, 0.15) is 5.69 Å². The first-order chi connectivity index (χ1) is 12.3. The van der Waals surface area contributed by atoms with Gasteiger partial charge in [-0.3, -0.25) is 15.0 Å². The largest absolute Gasteiger partial charge is 0.314 e. The molecule has 0 spiro atoms. The maximum atomic E-state index is 6.04. The molecule has 3 heterocycles. The van der Waals surface area contributed by atoms with Gasteiger partial charge in [0.25, 0.3) is 0 Å². The number of pyridine rings is 1. The van der Waals surface area contributed by atoms with E-state index in [0.717, 1.165) is 65.8 Å². The minimum absolute atomic E-state index is 0.728. The van der Waals surface area contributed by atoms with E-state index in [2.05, 4.69) is 25.4 Å². The molecule has 0 saturated carbocycles. The Morgan fingerprint density at radius 3 is 2.40 bits per heavy atom. The van der Waals surface area contributed by atoms with Gasteiger partial charge in [-0.05, 0) is 29.8 Å². The van der Waals surface area contributed by atoms with E-state index in [1.165, 1.54) is 0 Å². The summed E-state index contributed by atoms with van der Waals surface area (Å²) in [6.45, 7) is 5.02. The summed E-state index contributed by atoms with van der Waals surface area (Å²) in [5.74, 6) is 0. The number of hydrogen-bond acceptors (Lipinski definition) is 4. The van der Waals surface area contributed by atoms with Crippen molar-refractivity contribution in [3.05, 3.63) is 59.5 Å². The van der Waals surface area contributed by atoms with E-state index in [1.807, 2.05) is 48.8 Å². The number of hydrogen-bond donors (Lipinski definition) is 2. The summed E-state index contributed by atoms with van der Waals surface area (Å²) < 4.78 is 0. The lowest BCUT2D eigenvalue weighted by Crippen LogP contribution is -2.43. The average Bonchev–Trinajstić information content (AvgIpc) is 3.07. The minimum atomic E-state index is 0.728. The standard InChI is InChI=1S/C19H20ClN5/c20-16-3-1-15(2-4-16)19-18(14-5-7-21-8-6-14)17(23-24-19)13-25-11-9-22-10-12-25/h1-8,22H,9-13H2,(H,23,24). The summed E-state index contributed by atoms with van der Waals surface area (Å²) in [7, 11) is 0. The lowest BCUT2D eigenvalue weighted by atomic mass is 9.99. The molecule has 1 aliphatic rings. The number of aromatic amines is 1. The van der Waals surface area contributed by atoms with Gasteiger partial charge < -0.3 is 5.32 Å². The number of nitrogens with zero attached hydrogens (tertiary/aromatic N) is 3. The van der Waals surface area contributed by atoms with Crippen LogP contribution >= 0.6 is 11.6 Å². The van der Waals surface area contributed by atoms with E-state index in [1.54, 1.807) is 0 Å². The number of rotatable bonds is 4. The average molecular weight is 354 g/mol. The van der Waals surface area contributed by atoms with E-state index < -0.39 is 0 Å². The Bertz CT molecular complexity index is 823. The second-order valence-corrected chi connectivity index (χ2v) is 6.63. The first-order valence-corrected chi connectivity index (χ1v) is 8.86. The van der Waals surface area contributed by atoms with Crippen molar-refractivity contribution in [2.24, 2.45) is 0 Å². The van der Waals surface area contributed by atoms with Gasteiger partial charge in [0, 0.05) is 61.3 Å². The highest BCUT2D eigenvalue weighted by atomic mass is 35.5. The van der Waals surface area contributed by atoms with Gasteiger partial charge in [-0.2, -0.15) is 5.10 Å². The summed E-state index contributed by atoms with van der Waals surface area (Å²) >= 11 is 6.04. The maximum absolute atomic E-state index is 6.04. The highest BCUT2D eigenvalue weighted by Crippen LogP contribution is 2.34. The van der Waals surface area contributed by atoms with Crippen LogP contribution < -0.4 is 5.32 Å². The molecular weight excluding hydrogens is 334 g/mol. The number of H-pyrrole nitrogens is 1. The van der Waals surface area contributed by atoms with Gasteiger partial charge in [0.05, 0.1) is 5.69 Å². The van der Waals surface area contributed by atoms with Crippen molar-refractivity contribution in [3.63, 3.8) is 0 Å².